The van der Waals surface area contributed by atoms with Gasteiger partial charge in [0.1, 0.15) is 24.2 Å². The topological polar surface area (TPSA) is 175 Å². The minimum atomic E-state index is -0.558. The molecule has 1 fully saturated rings. The van der Waals surface area contributed by atoms with E-state index >= 15 is 0 Å². The molecule has 14 heteroatoms. The summed E-state index contributed by atoms with van der Waals surface area (Å²) >= 11 is 0. The van der Waals surface area contributed by atoms with Crippen molar-refractivity contribution in [2.24, 2.45) is 5.92 Å². The van der Waals surface area contributed by atoms with E-state index in [2.05, 4.69) is 32.8 Å². The fourth-order valence-electron chi connectivity index (χ4n) is 5.48. The maximum absolute atomic E-state index is 13.3. The second-order valence-corrected chi connectivity index (χ2v) is 12.6. The number of nitrogens with one attached hydrogen (secondary N) is 3. The number of likely N-dealkylation sites (tertiary alicyclic amines) is 1. The fourth-order valence-corrected chi connectivity index (χ4v) is 5.48. The molecule has 1 aliphatic heterocycles. The van der Waals surface area contributed by atoms with Crippen LogP contribution in [0.5, 0.6) is 0 Å². The van der Waals surface area contributed by atoms with Gasteiger partial charge in [-0.1, -0.05) is 13.0 Å². The first-order chi connectivity index (χ1) is 22.4. The molecule has 0 radical (unpaired) electrons. The number of nitriles is 1. The number of rotatable bonds is 10. The van der Waals surface area contributed by atoms with Crippen LogP contribution in [0.1, 0.15) is 63.7 Å². The number of likely N-dealkylation sites (N-methyl/N-ethyl adjacent to an activating group) is 1. The van der Waals surface area contributed by atoms with Gasteiger partial charge < -0.3 is 30.5 Å². The number of alkyl carbamates (subject to hydrolysis) is 1. The number of anilines is 2. The first-order valence-corrected chi connectivity index (χ1v) is 15.7. The number of nitrogens with zero attached hydrogens (tertiary/aromatic N) is 6. The molecule has 3 heterocycles. The molecule has 47 heavy (non-hydrogen) atoms. The van der Waals surface area contributed by atoms with Gasteiger partial charge in [-0.25, -0.2) is 19.6 Å². The zero-order valence-electron chi connectivity index (χ0n) is 27.6. The van der Waals surface area contributed by atoms with E-state index in [0.29, 0.717) is 67.1 Å². The molecule has 4 rings (SSSR count). The number of unbranched alkanes of at least 4 members (excludes halogenated alkanes) is 1. The molecular weight excluding hydrogens is 602 g/mol. The lowest BCUT2D eigenvalue weighted by Crippen LogP contribution is -2.52. The van der Waals surface area contributed by atoms with Gasteiger partial charge in [0.15, 0.2) is 5.65 Å². The lowest BCUT2D eigenvalue weighted by molar-refractivity contribution is -0.131. The number of hydrogen-bond acceptors (Lipinski definition) is 9. The average Bonchev–Trinajstić information content (AvgIpc) is 3.46. The van der Waals surface area contributed by atoms with Crippen molar-refractivity contribution in [2.45, 2.75) is 65.0 Å². The summed E-state index contributed by atoms with van der Waals surface area (Å²) < 4.78 is 6.59. The lowest BCUT2D eigenvalue weighted by Gasteiger charge is -2.42. The van der Waals surface area contributed by atoms with Crippen LogP contribution in [-0.4, -0.2) is 88.2 Å². The van der Waals surface area contributed by atoms with E-state index in [1.165, 1.54) is 10.9 Å². The maximum Gasteiger partial charge on any atom is 0.407 e. The summed E-state index contributed by atoms with van der Waals surface area (Å²) in [4.78, 5) is 62.9. The first-order valence-electron chi connectivity index (χ1n) is 15.7. The van der Waals surface area contributed by atoms with E-state index < -0.39 is 17.7 Å². The van der Waals surface area contributed by atoms with E-state index in [0.717, 1.165) is 6.42 Å². The normalized spacial score (nSPS) is 16.2. The number of aromatic nitrogens is 3. The van der Waals surface area contributed by atoms with Crippen LogP contribution < -0.4 is 20.9 Å². The molecule has 3 aromatic rings. The molecule has 0 aliphatic carbocycles. The highest BCUT2D eigenvalue weighted by Crippen LogP contribution is 2.30. The smallest absolute Gasteiger partial charge is 0.407 e. The van der Waals surface area contributed by atoms with Crippen LogP contribution in [0.15, 0.2) is 42.9 Å². The van der Waals surface area contributed by atoms with Crippen molar-refractivity contribution in [1.29, 1.82) is 5.26 Å². The van der Waals surface area contributed by atoms with Crippen LogP contribution in [0.3, 0.4) is 0 Å². The van der Waals surface area contributed by atoms with E-state index in [1.54, 1.807) is 62.2 Å². The standard InChI is InChI=1S/C33H43N9O5/c1-22-12-17-41(27(43)11-14-34)20-26(22)40(5)28-25-13-18-42(29(25)38-21-37-28)31(45)39-24-10-8-9-23(19-24)30(44)35-15-6-7-16-36-32(46)47-33(2,3)4/h8-10,13,18-19,21-22,26H,6-7,11-12,15-17,20H2,1-5H3,(H,35,44)(H,36,46)(H,39,45)/t22-,26+/m1/s1. The summed E-state index contributed by atoms with van der Waals surface area (Å²) in [6, 6.07) is 9.87. The van der Waals surface area contributed by atoms with E-state index in [4.69, 9.17) is 10.00 Å². The Morgan fingerprint density at radius 1 is 1.11 bits per heavy atom. The zero-order chi connectivity index (χ0) is 34.1. The van der Waals surface area contributed by atoms with E-state index in [1.807, 2.05) is 18.0 Å². The molecule has 14 nitrogen and oxygen atoms in total. The van der Waals surface area contributed by atoms with Crippen LogP contribution >= 0.6 is 0 Å². The number of amides is 4. The predicted molar refractivity (Wildman–Crippen MR) is 177 cm³/mol. The third kappa shape index (κ3) is 9.18. The summed E-state index contributed by atoms with van der Waals surface area (Å²) in [5.41, 5.74) is 0.686. The molecule has 4 amide bonds. The second kappa shape index (κ2) is 15.4. The molecule has 3 N–H and O–H groups in total. The Bertz CT molecular complexity index is 1640. The van der Waals surface area contributed by atoms with Gasteiger partial charge in [0.2, 0.25) is 5.91 Å². The minimum Gasteiger partial charge on any atom is -0.444 e. The number of fused-ring (bicyclic) bond motifs is 1. The number of carbonyl (C=O) groups excluding carboxylic acids is 4. The van der Waals surface area contributed by atoms with Crippen molar-refractivity contribution in [2.75, 3.05) is 43.4 Å². The molecule has 1 aromatic carbocycles. The second-order valence-electron chi connectivity index (χ2n) is 12.6. The highest BCUT2D eigenvalue weighted by Gasteiger charge is 2.33. The van der Waals surface area contributed by atoms with Crippen LogP contribution in [-0.2, 0) is 9.53 Å². The van der Waals surface area contributed by atoms with Gasteiger partial charge in [-0.3, -0.25) is 14.2 Å². The van der Waals surface area contributed by atoms with Crippen LogP contribution in [0.2, 0.25) is 0 Å². The van der Waals surface area contributed by atoms with Gasteiger partial charge in [-0.05, 0) is 70.2 Å². The summed E-state index contributed by atoms with van der Waals surface area (Å²) in [5, 5.41) is 18.0. The number of carbonyl (C=O) groups is 4. The number of piperidine rings is 1. The van der Waals surface area contributed by atoms with Crippen molar-refractivity contribution in [3.63, 3.8) is 0 Å². The Morgan fingerprint density at radius 3 is 2.57 bits per heavy atom. The van der Waals surface area contributed by atoms with Gasteiger partial charge in [0, 0.05) is 50.7 Å². The lowest BCUT2D eigenvalue weighted by atomic mass is 9.92. The Hall–Kier alpha value is -5.19. The van der Waals surface area contributed by atoms with Gasteiger partial charge >= 0.3 is 12.1 Å². The van der Waals surface area contributed by atoms with Crippen LogP contribution in [0.25, 0.3) is 11.0 Å². The summed E-state index contributed by atoms with van der Waals surface area (Å²) in [7, 11) is 1.91. The fraction of sp³-hybridized carbons (Fsp3) is 0.485. The predicted octanol–water partition coefficient (Wildman–Crippen LogP) is 4.13. The minimum absolute atomic E-state index is 0.0375. The molecule has 2 atom stereocenters. The van der Waals surface area contributed by atoms with Crippen LogP contribution in [0, 0.1) is 17.2 Å². The van der Waals surface area contributed by atoms with Crippen molar-refractivity contribution in [1.82, 2.24) is 30.1 Å². The third-order valence-corrected chi connectivity index (χ3v) is 7.95. The largest absolute Gasteiger partial charge is 0.444 e. The Labute approximate surface area is 274 Å². The molecule has 0 bridgehead atoms. The van der Waals surface area contributed by atoms with E-state index in [9.17, 15) is 19.2 Å². The molecule has 1 aliphatic rings. The van der Waals surface area contributed by atoms with Crippen molar-refractivity contribution < 1.29 is 23.9 Å². The van der Waals surface area contributed by atoms with Gasteiger partial charge in [0.05, 0.1) is 17.5 Å². The van der Waals surface area contributed by atoms with E-state index in [-0.39, 0.29) is 30.2 Å². The summed E-state index contributed by atoms with van der Waals surface area (Å²) in [6.45, 7) is 9.47. The molecule has 2 aromatic heterocycles. The molecule has 250 valence electrons. The quantitative estimate of drug-likeness (QED) is 0.274. The first kappa shape index (κ1) is 34.7. The Balaban J connectivity index is 1.35. The molecular formula is C33H43N9O5. The SMILES string of the molecule is C[C@@H]1CCN(C(=O)CC#N)C[C@@H]1N(C)c1ncnc2c1ccn2C(=O)Nc1cccc(C(=O)NCCCCNC(=O)OC(C)(C)C)c1. The van der Waals surface area contributed by atoms with Gasteiger partial charge in [-0.2, -0.15) is 5.26 Å². The van der Waals surface area contributed by atoms with Gasteiger partial charge in [-0.15, -0.1) is 0 Å². The number of hydrogen-bond donors (Lipinski definition) is 3. The van der Waals surface area contributed by atoms with Crippen molar-refractivity contribution >= 4 is 46.5 Å². The molecule has 1 saturated heterocycles. The molecule has 0 unspecified atom stereocenters. The van der Waals surface area contributed by atoms with Crippen LogP contribution in [0.4, 0.5) is 21.1 Å². The van der Waals surface area contributed by atoms with Gasteiger partial charge in [0.25, 0.3) is 5.91 Å². The monoisotopic (exact) mass is 645 g/mol. The number of ether oxygens (including phenoxy) is 1. The Morgan fingerprint density at radius 2 is 1.85 bits per heavy atom. The van der Waals surface area contributed by atoms with Crippen molar-refractivity contribution in [3.05, 3.63) is 48.4 Å². The molecule has 0 spiro atoms. The summed E-state index contributed by atoms with van der Waals surface area (Å²) in [5.74, 6) is 0.442. The highest BCUT2D eigenvalue weighted by molar-refractivity contribution is 6.01. The Kier molecular flexibility index (Phi) is 11.4. The third-order valence-electron chi connectivity index (χ3n) is 7.95. The highest BCUT2D eigenvalue weighted by atomic mass is 16.6. The molecule has 0 saturated carbocycles. The summed E-state index contributed by atoms with van der Waals surface area (Å²) in [6.07, 6.45) is 4.53. The van der Waals surface area contributed by atoms with Crippen molar-refractivity contribution in [3.8, 4) is 6.07 Å². The zero-order valence-corrected chi connectivity index (χ0v) is 27.6. The average molecular weight is 646 g/mol. The maximum atomic E-state index is 13.3. The number of benzene rings is 1.